The Kier molecular flexibility index (Phi) is 12.3. The van der Waals surface area contributed by atoms with Gasteiger partial charge in [-0.25, -0.2) is 9.59 Å². The summed E-state index contributed by atoms with van der Waals surface area (Å²) in [7, 11) is -4.50. The molecule has 0 bridgehead atoms. The third-order valence-corrected chi connectivity index (χ3v) is 6.23. The van der Waals surface area contributed by atoms with Crippen molar-refractivity contribution in [3.63, 3.8) is 0 Å². The number of carbonyl (C=O) groups excluding carboxylic acids is 3. The number of nitro groups is 1. The number of nitrogens with zero attached hydrogens (tertiary/aromatic N) is 1. The molecular weight excluding hydrogens is 560 g/mol. The molecule has 1 rings (SSSR count). The Hall–Kier alpha value is -3.26. The number of hydrogen-bond acceptors (Lipinski definition) is 11. The standard InChI is InChI=1S/C27H42N2O11S/c1-25(2,3)37-22(30)18(15-16-21(29(33)34)40-41(35,36)19-13-11-10-12-14-19)17-20(23(31)38-26(4,5)6)28-24(32)39-27(7,8)9/h10-14,18,20-21H,15-17H2,1-9H3,(H,28,32)/t18-,20-,21?/m0/s1. The highest BCUT2D eigenvalue weighted by Gasteiger charge is 2.37. The highest BCUT2D eigenvalue weighted by Crippen LogP contribution is 2.25. The fourth-order valence-electron chi connectivity index (χ4n) is 3.36. The number of ether oxygens (including phenoxy) is 3. The van der Waals surface area contributed by atoms with Crippen molar-refractivity contribution in [1.82, 2.24) is 5.32 Å². The van der Waals surface area contributed by atoms with E-state index >= 15 is 0 Å². The molecule has 0 saturated heterocycles. The summed E-state index contributed by atoms with van der Waals surface area (Å²) < 4.78 is 46.2. The summed E-state index contributed by atoms with van der Waals surface area (Å²) in [5.74, 6) is -2.89. The van der Waals surface area contributed by atoms with Crippen molar-refractivity contribution in [2.24, 2.45) is 5.92 Å². The number of esters is 2. The molecule has 0 heterocycles. The molecule has 0 aliphatic carbocycles. The van der Waals surface area contributed by atoms with E-state index in [1.54, 1.807) is 68.4 Å². The minimum absolute atomic E-state index is 0.276. The first kappa shape index (κ1) is 35.8. The van der Waals surface area contributed by atoms with Crippen LogP contribution in [0.1, 0.15) is 81.6 Å². The monoisotopic (exact) mass is 602 g/mol. The van der Waals surface area contributed by atoms with E-state index in [4.69, 9.17) is 18.4 Å². The van der Waals surface area contributed by atoms with E-state index in [2.05, 4.69) is 5.32 Å². The Morgan fingerprint density at radius 1 is 0.829 bits per heavy atom. The van der Waals surface area contributed by atoms with Gasteiger partial charge in [-0.2, -0.15) is 12.6 Å². The van der Waals surface area contributed by atoms with Crippen molar-refractivity contribution < 1.29 is 46.1 Å². The zero-order valence-corrected chi connectivity index (χ0v) is 25.9. The molecule has 41 heavy (non-hydrogen) atoms. The summed E-state index contributed by atoms with van der Waals surface area (Å²) in [6, 6.07) is 5.49. The summed E-state index contributed by atoms with van der Waals surface area (Å²) in [5.41, 5.74) is -2.79. The quantitative estimate of drug-likeness (QED) is 0.0897. The van der Waals surface area contributed by atoms with Gasteiger partial charge in [0.25, 0.3) is 0 Å². The van der Waals surface area contributed by atoms with E-state index in [0.717, 1.165) is 0 Å². The van der Waals surface area contributed by atoms with Gasteiger partial charge < -0.3 is 19.5 Å². The molecule has 0 spiro atoms. The van der Waals surface area contributed by atoms with Gasteiger partial charge in [-0.1, -0.05) is 18.2 Å². The van der Waals surface area contributed by atoms with Crippen molar-refractivity contribution in [3.05, 3.63) is 40.4 Å². The molecule has 0 aliphatic rings. The molecule has 1 amide bonds. The number of amides is 1. The van der Waals surface area contributed by atoms with Crippen LogP contribution >= 0.6 is 0 Å². The van der Waals surface area contributed by atoms with Crippen molar-refractivity contribution in [1.29, 1.82) is 0 Å². The van der Waals surface area contributed by atoms with Gasteiger partial charge in [0.1, 0.15) is 22.8 Å². The number of alkyl carbamates (subject to hydrolysis) is 1. The minimum atomic E-state index is -4.50. The van der Waals surface area contributed by atoms with E-state index in [1.807, 2.05) is 0 Å². The number of nitrogens with one attached hydrogen (secondary N) is 1. The molecule has 0 radical (unpaired) electrons. The molecule has 0 fully saturated rings. The van der Waals surface area contributed by atoms with E-state index in [1.165, 1.54) is 24.3 Å². The molecule has 1 N–H and O–H groups in total. The molecule has 14 heteroatoms. The number of hydrogen-bond donors (Lipinski definition) is 1. The second-order valence-corrected chi connectivity index (χ2v) is 14.0. The molecule has 13 nitrogen and oxygen atoms in total. The second kappa shape index (κ2) is 14.1. The predicted molar refractivity (Wildman–Crippen MR) is 148 cm³/mol. The lowest BCUT2D eigenvalue weighted by Crippen LogP contribution is -2.48. The molecular formula is C27H42N2O11S. The molecule has 0 aromatic heterocycles. The van der Waals surface area contributed by atoms with Gasteiger partial charge in [0.05, 0.1) is 15.7 Å². The maximum Gasteiger partial charge on any atom is 0.408 e. The Bertz CT molecular complexity index is 1160. The third-order valence-electron chi connectivity index (χ3n) is 4.91. The summed E-state index contributed by atoms with van der Waals surface area (Å²) in [6.45, 7) is 14.6. The van der Waals surface area contributed by atoms with Gasteiger partial charge in [0.2, 0.25) is 0 Å². The summed E-state index contributed by atoms with van der Waals surface area (Å²) in [4.78, 5) is 49.3. The van der Waals surface area contributed by atoms with Crippen molar-refractivity contribution in [3.8, 4) is 0 Å². The van der Waals surface area contributed by atoms with E-state index in [0.29, 0.717) is 0 Å². The SMILES string of the molecule is CC(C)(C)OC(=O)N[C@@H](C[C@H](CCC(OS(=O)(=O)c1ccccc1)[N+](=O)[O-])C(=O)OC(C)(C)C)C(=O)OC(C)(C)C. The van der Waals surface area contributed by atoms with Crippen LogP contribution in [-0.4, -0.2) is 60.4 Å². The van der Waals surface area contributed by atoms with Crippen LogP contribution < -0.4 is 5.32 Å². The Morgan fingerprint density at radius 3 is 1.78 bits per heavy atom. The largest absolute Gasteiger partial charge is 0.460 e. The first-order valence-corrected chi connectivity index (χ1v) is 14.5. The zero-order valence-electron chi connectivity index (χ0n) is 25.1. The number of benzene rings is 1. The van der Waals surface area contributed by atoms with Gasteiger partial charge in [0, 0.05) is 6.42 Å². The normalized spacial score (nSPS) is 14.8. The minimum Gasteiger partial charge on any atom is -0.460 e. The lowest BCUT2D eigenvalue weighted by molar-refractivity contribution is -0.563. The molecule has 1 aromatic rings. The van der Waals surface area contributed by atoms with Crippen LogP contribution in [0.2, 0.25) is 0 Å². The van der Waals surface area contributed by atoms with Crippen LogP contribution in [0.25, 0.3) is 0 Å². The Balaban J connectivity index is 3.29. The van der Waals surface area contributed by atoms with Crippen LogP contribution in [0.3, 0.4) is 0 Å². The molecule has 3 atom stereocenters. The number of rotatable bonds is 12. The lowest BCUT2D eigenvalue weighted by atomic mass is 9.94. The fourth-order valence-corrected chi connectivity index (χ4v) is 4.42. The molecule has 0 saturated carbocycles. The summed E-state index contributed by atoms with van der Waals surface area (Å²) >= 11 is 0. The van der Waals surface area contributed by atoms with Crippen molar-refractivity contribution in [2.45, 2.75) is 116 Å². The fraction of sp³-hybridized carbons (Fsp3) is 0.667. The molecule has 0 aliphatic heterocycles. The van der Waals surface area contributed by atoms with Crippen LogP contribution in [0.4, 0.5) is 4.79 Å². The highest BCUT2D eigenvalue weighted by molar-refractivity contribution is 7.86. The summed E-state index contributed by atoms with van der Waals surface area (Å²) in [6.07, 6.45) is -4.21. The van der Waals surface area contributed by atoms with Crippen molar-refractivity contribution >= 4 is 28.1 Å². The van der Waals surface area contributed by atoms with Gasteiger partial charge >= 0.3 is 34.4 Å². The maximum absolute atomic E-state index is 13.2. The maximum atomic E-state index is 13.2. The summed E-state index contributed by atoms with van der Waals surface area (Å²) in [5, 5.41) is 14.1. The van der Waals surface area contributed by atoms with E-state index in [-0.39, 0.29) is 17.7 Å². The van der Waals surface area contributed by atoms with E-state index in [9.17, 15) is 32.9 Å². The third kappa shape index (κ3) is 14.3. The van der Waals surface area contributed by atoms with Gasteiger partial charge in [-0.15, -0.1) is 0 Å². The van der Waals surface area contributed by atoms with Crippen LogP contribution in [0, 0.1) is 16.0 Å². The average Bonchev–Trinajstić information content (AvgIpc) is 2.76. The Labute approximate surface area is 241 Å². The van der Waals surface area contributed by atoms with Gasteiger partial charge in [0.15, 0.2) is 0 Å². The first-order valence-electron chi connectivity index (χ1n) is 13.1. The first-order chi connectivity index (χ1) is 18.5. The van der Waals surface area contributed by atoms with Crippen molar-refractivity contribution in [2.75, 3.05) is 0 Å². The predicted octanol–water partition coefficient (Wildman–Crippen LogP) is 4.36. The smallest absolute Gasteiger partial charge is 0.408 e. The zero-order chi connectivity index (χ0) is 31.8. The van der Waals surface area contributed by atoms with Crippen LogP contribution in [-0.2, 0) is 38.1 Å². The molecule has 1 aromatic carbocycles. The average molecular weight is 603 g/mol. The topological polar surface area (TPSA) is 177 Å². The molecule has 232 valence electrons. The van der Waals surface area contributed by atoms with Crippen LogP contribution in [0.15, 0.2) is 35.2 Å². The van der Waals surface area contributed by atoms with Gasteiger partial charge in [-0.3, -0.25) is 14.9 Å². The van der Waals surface area contributed by atoms with Gasteiger partial charge in [-0.05, 0) is 87.3 Å². The number of carbonyl (C=O) groups is 3. The molecule has 1 unspecified atom stereocenters. The Morgan fingerprint density at radius 2 is 1.32 bits per heavy atom. The van der Waals surface area contributed by atoms with Crippen LogP contribution in [0.5, 0.6) is 0 Å². The highest BCUT2D eigenvalue weighted by atomic mass is 32.2. The lowest BCUT2D eigenvalue weighted by Gasteiger charge is -2.29. The second-order valence-electron chi connectivity index (χ2n) is 12.4. The van der Waals surface area contributed by atoms with E-state index < -0.39 is 74.5 Å².